The van der Waals surface area contributed by atoms with E-state index in [0.29, 0.717) is 22.3 Å². The van der Waals surface area contributed by atoms with Crippen molar-refractivity contribution in [2.75, 3.05) is 12.4 Å². The molecule has 0 atom stereocenters. The zero-order valence-corrected chi connectivity index (χ0v) is 18.3. The molecule has 4 aromatic rings. The molecule has 7 heteroatoms. The molecule has 1 heterocycles. The fourth-order valence-electron chi connectivity index (χ4n) is 3.27. The van der Waals surface area contributed by atoms with Crippen LogP contribution in [0.25, 0.3) is 11.0 Å². The number of ether oxygens (including phenoxy) is 2. The standard InChI is InChI=1S/C26H21NO6/c1-15-4-5-16(2)22(12-15)27-24(28)17-6-8-19(9-7-17)32-25(29)21-14-18-13-20(31-3)10-11-23(18)33-26(21)30/h4-14H,1-3H3,(H,27,28). The molecule has 4 rings (SSSR count). The highest BCUT2D eigenvalue weighted by Crippen LogP contribution is 2.22. The van der Waals surface area contributed by atoms with Crippen molar-refractivity contribution in [3.05, 3.63) is 99.4 Å². The van der Waals surface area contributed by atoms with E-state index in [1.165, 1.54) is 37.4 Å². The van der Waals surface area contributed by atoms with Gasteiger partial charge < -0.3 is 19.2 Å². The van der Waals surface area contributed by atoms with Gasteiger partial charge in [-0.05, 0) is 79.6 Å². The van der Waals surface area contributed by atoms with Crippen LogP contribution in [0.3, 0.4) is 0 Å². The van der Waals surface area contributed by atoms with E-state index >= 15 is 0 Å². The van der Waals surface area contributed by atoms with Crippen molar-refractivity contribution in [2.45, 2.75) is 13.8 Å². The van der Waals surface area contributed by atoms with Crippen LogP contribution < -0.4 is 20.4 Å². The minimum absolute atomic E-state index is 0.188. The summed E-state index contributed by atoms with van der Waals surface area (Å²) in [6.07, 6.45) is 0. The second kappa shape index (κ2) is 9.00. The van der Waals surface area contributed by atoms with Crippen LogP contribution in [0.5, 0.6) is 11.5 Å². The maximum absolute atomic E-state index is 12.6. The number of amides is 1. The molecule has 0 aliphatic heterocycles. The van der Waals surface area contributed by atoms with Crippen molar-refractivity contribution < 1.29 is 23.5 Å². The minimum Gasteiger partial charge on any atom is -0.497 e. The molecular formula is C26H21NO6. The summed E-state index contributed by atoms with van der Waals surface area (Å²) in [6, 6.07) is 18.2. The highest BCUT2D eigenvalue weighted by molar-refractivity contribution is 6.04. The lowest BCUT2D eigenvalue weighted by molar-refractivity contribution is 0.0730. The van der Waals surface area contributed by atoms with E-state index in [1.54, 1.807) is 18.2 Å². The zero-order chi connectivity index (χ0) is 23.5. The van der Waals surface area contributed by atoms with E-state index in [0.717, 1.165) is 16.8 Å². The van der Waals surface area contributed by atoms with Gasteiger partial charge >= 0.3 is 11.6 Å². The number of hydrogen-bond acceptors (Lipinski definition) is 6. The third kappa shape index (κ3) is 4.77. The Morgan fingerprint density at radius 3 is 2.33 bits per heavy atom. The molecule has 0 spiro atoms. The minimum atomic E-state index is -0.860. The molecule has 0 bridgehead atoms. The molecule has 33 heavy (non-hydrogen) atoms. The van der Waals surface area contributed by atoms with E-state index in [-0.39, 0.29) is 17.2 Å². The summed E-state index contributed by atoms with van der Waals surface area (Å²) in [6.45, 7) is 3.86. The number of nitrogens with one attached hydrogen (secondary N) is 1. The molecule has 0 radical (unpaired) electrons. The summed E-state index contributed by atoms with van der Waals surface area (Å²) in [5.41, 5.74) is 2.40. The molecular weight excluding hydrogens is 422 g/mol. The number of carbonyl (C=O) groups is 2. The Hall–Kier alpha value is -4.39. The number of anilines is 1. The van der Waals surface area contributed by atoms with Gasteiger partial charge in [0.1, 0.15) is 22.6 Å². The smallest absolute Gasteiger partial charge is 0.351 e. The van der Waals surface area contributed by atoms with Gasteiger partial charge in [0, 0.05) is 16.6 Å². The number of fused-ring (bicyclic) bond motifs is 1. The SMILES string of the molecule is COc1ccc2oc(=O)c(C(=O)Oc3ccc(C(=O)Nc4cc(C)ccc4C)cc3)cc2c1. The lowest BCUT2D eigenvalue weighted by Crippen LogP contribution is -2.19. The van der Waals surface area contributed by atoms with Gasteiger partial charge in [0.15, 0.2) is 0 Å². The Balaban J connectivity index is 1.50. The average Bonchev–Trinajstić information content (AvgIpc) is 2.81. The van der Waals surface area contributed by atoms with E-state index in [9.17, 15) is 14.4 Å². The van der Waals surface area contributed by atoms with Crippen molar-refractivity contribution in [3.63, 3.8) is 0 Å². The number of aryl methyl sites for hydroxylation is 2. The van der Waals surface area contributed by atoms with E-state index < -0.39 is 11.6 Å². The quantitative estimate of drug-likeness (QED) is 0.268. The van der Waals surface area contributed by atoms with E-state index in [1.807, 2.05) is 32.0 Å². The molecule has 1 aromatic heterocycles. The number of hydrogen-bond donors (Lipinski definition) is 1. The highest BCUT2D eigenvalue weighted by atomic mass is 16.5. The fraction of sp³-hybridized carbons (Fsp3) is 0.115. The van der Waals surface area contributed by atoms with Gasteiger partial charge in [-0.15, -0.1) is 0 Å². The number of benzene rings is 3. The predicted octanol–water partition coefficient (Wildman–Crippen LogP) is 4.89. The van der Waals surface area contributed by atoms with E-state index in [4.69, 9.17) is 13.9 Å². The number of rotatable bonds is 5. The Morgan fingerprint density at radius 2 is 1.61 bits per heavy atom. The van der Waals surface area contributed by atoms with Gasteiger partial charge in [-0.25, -0.2) is 9.59 Å². The molecule has 1 amide bonds. The van der Waals surface area contributed by atoms with Crippen molar-refractivity contribution in [1.82, 2.24) is 0 Å². The van der Waals surface area contributed by atoms with Gasteiger partial charge in [-0.3, -0.25) is 4.79 Å². The molecule has 0 aliphatic rings. The molecule has 166 valence electrons. The first-order valence-corrected chi connectivity index (χ1v) is 10.2. The van der Waals surface area contributed by atoms with Crippen LogP contribution in [0.2, 0.25) is 0 Å². The highest BCUT2D eigenvalue weighted by Gasteiger charge is 2.17. The molecule has 7 nitrogen and oxygen atoms in total. The Bertz CT molecular complexity index is 1420. The third-order valence-corrected chi connectivity index (χ3v) is 5.13. The lowest BCUT2D eigenvalue weighted by Gasteiger charge is -2.10. The molecule has 0 unspecified atom stereocenters. The molecule has 0 saturated carbocycles. The van der Waals surface area contributed by atoms with Gasteiger partial charge in [-0.2, -0.15) is 0 Å². The summed E-state index contributed by atoms with van der Waals surface area (Å²) in [5.74, 6) is -0.398. The fourth-order valence-corrected chi connectivity index (χ4v) is 3.27. The van der Waals surface area contributed by atoms with Gasteiger partial charge in [0.05, 0.1) is 7.11 Å². The molecule has 1 N–H and O–H groups in total. The molecule has 0 fully saturated rings. The number of carbonyl (C=O) groups excluding carboxylic acids is 2. The monoisotopic (exact) mass is 443 g/mol. The topological polar surface area (TPSA) is 94.8 Å². The van der Waals surface area contributed by atoms with Crippen LogP contribution in [0, 0.1) is 13.8 Å². The summed E-state index contributed by atoms with van der Waals surface area (Å²) < 4.78 is 15.7. The third-order valence-electron chi connectivity index (χ3n) is 5.13. The Kier molecular flexibility index (Phi) is 5.95. The maximum Gasteiger partial charge on any atom is 0.351 e. The first-order chi connectivity index (χ1) is 15.8. The normalized spacial score (nSPS) is 10.6. The predicted molar refractivity (Wildman–Crippen MR) is 124 cm³/mol. The van der Waals surface area contributed by atoms with Crippen molar-refractivity contribution in [1.29, 1.82) is 0 Å². The van der Waals surface area contributed by atoms with E-state index in [2.05, 4.69) is 5.32 Å². The first-order valence-electron chi connectivity index (χ1n) is 10.2. The van der Waals surface area contributed by atoms with Crippen LogP contribution in [-0.2, 0) is 0 Å². The molecule has 0 aliphatic carbocycles. The van der Waals surface area contributed by atoms with Gasteiger partial charge in [0.2, 0.25) is 0 Å². The van der Waals surface area contributed by atoms with Crippen molar-refractivity contribution in [3.8, 4) is 11.5 Å². The Labute approximate surface area is 189 Å². The lowest BCUT2D eigenvalue weighted by atomic mass is 10.1. The summed E-state index contributed by atoms with van der Waals surface area (Å²) in [7, 11) is 1.52. The maximum atomic E-state index is 12.6. The van der Waals surface area contributed by atoms with Crippen LogP contribution in [0.1, 0.15) is 31.8 Å². The summed E-state index contributed by atoms with van der Waals surface area (Å²) in [4.78, 5) is 37.4. The Morgan fingerprint density at radius 1 is 0.879 bits per heavy atom. The number of methoxy groups -OCH3 is 1. The number of esters is 1. The van der Waals surface area contributed by atoms with Crippen LogP contribution in [0.4, 0.5) is 5.69 Å². The first kappa shape index (κ1) is 21.8. The van der Waals surface area contributed by atoms with Crippen molar-refractivity contribution in [2.24, 2.45) is 0 Å². The van der Waals surface area contributed by atoms with Gasteiger partial charge in [0.25, 0.3) is 5.91 Å². The molecule has 3 aromatic carbocycles. The van der Waals surface area contributed by atoms with Crippen LogP contribution in [0.15, 0.2) is 75.9 Å². The zero-order valence-electron chi connectivity index (χ0n) is 18.3. The second-order valence-electron chi connectivity index (χ2n) is 7.54. The largest absolute Gasteiger partial charge is 0.497 e. The second-order valence-corrected chi connectivity index (χ2v) is 7.54. The van der Waals surface area contributed by atoms with Crippen molar-refractivity contribution >= 4 is 28.5 Å². The van der Waals surface area contributed by atoms with Crippen LogP contribution in [-0.4, -0.2) is 19.0 Å². The molecule has 0 saturated heterocycles. The average molecular weight is 443 g/mol. The van der Waals surface area contributed by atoms with Gasteiger partial charge in [-0.1, -0.05) is 12.1 Å². The van der Waals surface area contributed by atoms with Crippen LogP contribution >= 0.6 is 0 Å². The summed E-state index contributed by atoms with van der Waals surface area (Å²) >= 11 is 0. The summed E-state index contributed by atoms with van der Waals surface area (Å²) in [5, 5.41) is 3.40.